The van der Waals surface area contributed by atoms with Gasteiger partial charge in [-0.15, -0.1) is 0 Å². The van der Waals surface area contributed by atoms with Crippen molar-refractivity contribution < 1.29 is 9.47 Å². The molecule has 6 heteroatoms. The quantitative estimate of drug-likeness (QED) is 0.144. The minimum absolute atomic E-state index is 0.712. The summed E-state index contributed by atoms with van der Waals surface area (Å²) in [4.78, 5) is 0. The first-order valence-corrected chi connectivity index (χ1v) is 14.3. The Kier molecular flexibility index (Phi) is 9.82. The van der Waals surface area contributed by atoms with Gasteiger partial charge in [0.2, 0.25) is 0 Å². The summed E-state index contributed by atoms with van der Waals surface area (Å²) in [7, 11) is 0. The van der Waals surface area contributed by atoms with E-state index in [0.717, 1.165) is 69.3 Å². The SMILES string of the molecule is CCCOc1ccc(N=Nc2ccc(-c3ccc(-c4ccc(N=Nc5ccc(OCCC)cc5)cc4)cc3)cc2)cc1. The lowest BCUT2D eigenvalue weighted by molar-refractivity contribution is 0.317. The predicted molar refractivity (Wildman–Crippen MR) is 170 cm³/mol. The fraction of sp³-hybridized carbons (Fsp3) is 0.167. The van der Waals surface area contributed by atoms with E-state index >= 15 is 0 Å². The van der Waals surface area contributed by atoms with Gasteiger partial charge < -0.3 is 9.47 Å². The molecule has 5 aromatic carbocycles. The van der Waals surface area contributed by atoms with Crippen LogP contribution in [-0.4, -0.2) is 13.2 Å². The highest BCUT2D eigenvalue weighted by molar-refractivity contribution is 5.71. The predicted octanol–water partition coefficient (Wildman–Crippen LogP) is 11.4. The minimum atomic E-state index is 0.712. The average Bonchev–Trinajstić information content (AvgIpc) is 3.06. The van der Waals surface area contributed by atoms with E-state index in [9.17, 15) is 0 Å². The van der Waals surface area contributed by atoms with Gasteiger partial charge in [0.15, 0.2) is 0 Å². The first-order chi connectivity index (χ1) is 20.7. The Morgan fingerprint density at radius 2 is 0.595 bits per heavy atom. The van der Waals surface area contributed by atoms with Crippen molar-refractivity contribution in [2.24, 2.45) is 20.5 Å². The molecule has 0 unspecified atom stereocenters. The van der Waals surface area contributed by atoms with Gasteiger partial charge >= 0.3 is 0 Å². The summed E-state index contributed by atoms with van der Waals surface area (Å²) < 4.78 is 11.2. The topological polar surface area (TPSA) is 67.9 Å². The second-order valence-corrected chi connectivity index (χ2v) is 9.76. The zero-order chi connectivity index (χ0) is 29.0. The molecule has 0 N–H and O–H groups in total. The van der Waals surface area contributed by atoms with Gasteiger partial charge in [-0.3, -0.25) is 0 Å². The smallest absolute Gasteiger partial charge is 0.119 e. The lowest BCUT2D eigenvalue weighted by atomic mass is 10.00. The summed E-state index contributed by atoms with van der Waals surface area (Å²) in [5.41, 5.74) is 7.71. The molecule has 0 bridgehead atoms. The van der Waals surface area contributed by atoms with Crippen molar-refractivity contribution in [3.63, 3.8) is 0 Å². The van der Waals surface area contributed by atoms with Crippen LogP contribution in [0.1, 0.15) is 26.7 Å². The van der Waals surface area contributed by atoms with Gasteiger partial charge in [0, 0.05) is 0 Å². The Morgan fingerprint density at radius 1 is 0.357 bits per heavy atom. The van der Waals surface area contributed by atoms with Gasteiger partial charge in [-0.1, -0.05) is 62.4 Å². The Bertz CT molecular complexity index is 1470. The van der Waals surface area contributed by atoms with Gasteiger partial charge in [0.05, 0.1) is 36.0 Å². The zero-order valence-electron chi connectivity index (χ0n) is 24.0. The molecule has 0 atom stereocenters. The monoisotopic (exact) mass is 554 g/mol. The van der Waals surface area contributed by atoms with Gasteiger partial charge in [0.25, 0.3) is 0 Å². The molecule has 210 valence electrons. The van der Waals surface area contributed by atoms with E-state index in [4.69, 9.17) is 9.47 Å². The van der Waals surface area contributed by atoms with Crippen LogP contribution in [-0.2, 0) is 0 Å². The van der Waals surface area contributed by atoms with Crippen molar-refractivity contribution in [3.8, 4) is 33.8 Å². The second kappa shape index (κ2) is 14.5. The molecule has 0 spiro atoms. The molecule has 5 aromatic rings. The molecule has 0 fully saturated rings. The van der Waals surface area contributed by atoms with Crippen LogP contribution in [0.25, 0.3) is 22.3 Å². The van der Waals surface area contributed by atoms with Crippen molar-refractivity contribution in [1.82, 2.24) is 0 Å². The molecule has 42 heavy (non-hydrogen) atoms. The molecule has 0 radical (unpaired) electrons. The van der Waals surface area contributed by atoms with E-state index in [1.54, 1.807) is 0 Å². The van der Waals surface area contributed by atoms with E-state index in [2.05, 4.69) is 82.8 Å². The Labute approximate surface area is 247 Å². The highest BCUT2D eigenvalue weighted by Crippen LogP contribution is 2.29. The Balaban J connectivity index is 1.17. The van der Waals surface area contributed by atoms with Crippen molar-refractivity contribution in [1.29, 1.82) is 0 Å². The fourth-order valence-corrected chi connectivity index (χ4v) is 4.19. The molecule has 5 rings (SSSR count). The number of hydrogen-bond acceptors (Lipinski definition) is 6. The first kappa shape index (κ1) is 28.4. The summed E-state index contributed by atoms with van der Waals surface area (Å²) >= 11 is 0. The number of hydrogen-bond donors (Lipinski definition) is 0. The van der Waals surface area contributed by atoms with Gasteiger partial charge in [-0.25, -0.2) is 0 Å². The van der Waals surface area contributed by atoms with Gasteiger partial charge in [-0.05, 0) is 108 Å². The molecule has 0 aliphatic carbocycles. The standard InChI is InChI=1S/C36H34N4O2/c1-3-25-41-35-21-17-33(18-22-35)39-37-31-13-9-29(10-14-31)27-5-7-28(8-6-27)30-11-15-32(16-12-30)38-40-34-19-23-36(24-20-34)42-26-4-2/h5-24H,3-4,25-26H2,1-2H3. The third-order valence-electron chi connectivity index (χ3n) is 6.47. The van der Waals surface area contributed by atoms with E-state index in [1.165, 1.54) is 0 Å². The molecule has 0 aliphatic heterocycles. The number of benzene rings is 5. The molecule has 0 saturated heterocycles. The summed E-state index contributed by atoms with van der Waals surface area (Å²) in [6, 6.07) is 40.0. The lowest BCUT2D eigenvalue weighted by Gasteiger charge is -2.06. The Morgan fingerprint density at radius 3 is 0.857 bits per heavy atom. The molecule has 0 aliphatic rings. The number of ether oxygens (including phenoxy) is 2. The van der Waals surface area contributed by atoms with Gasteiger partial charge in [0.1, 0.15) is 11.5 Å². The maximum absolute atomic E-state index is 5.62. The summed E-state index contributed by atoms with van der Waals surface area (Å²) in [5.74, 6) is 1.70. The molecule has 0 amide bonds. The summed E-state index contributed by atoms with van der Waals surface area (Å²) in [6.45, 7) is 5.60. The van der Waals surface area contributed by atoms with Crippen LogP contribution in [0.3, 0.4) is 0 Å². The summed E-state index contributed by atoms with van der Waals surface area (Å²) in [5, 5.41) is 17.4. The van der Waals surface area contributed by atoms with E-state index in [1.807, 2.05) is 72.8 Å². The van der Waals surface area contributed by atoms with Crippen LogP contribution < -0.4 is 9.47 Å². The van der Waals surface area contributed by atoms with E-state index in [0.29, 0.717) is 13.2 Å². The second-order valence-electron chi connectivity index (χ2n) is 9.76. The third kappa shape index (κ3) is 7.98. The van der Waals surface area contributed by atoms with Crippen LogP contribution in [0.15, 0.2) is 142 Å². The van der Waals surface area contributed by atoms with E-state index < -0.39 is 0 Å². The normalized spacial score (nSPS) is 11.3. The molecule has 0 heterocycles. The van der Waals surface area contributed by atoms with E-state index in [-0.39, 0.29) is 0 Å². The highest BCUT2D eigenvalue weighted by atomic mass is 16.5. The molecular formula is C36H34N4O2. The summed E-state index contributed by atoms with van der Waals surface area (Å²) in [6.07, 6.45) is 1.97. The third-order valence-corrected chi connectivity index (χ3v) is 6.47. The highest BCUT2D eigenvalue weighted by Gasteiger charge is 2.02. The number of nitrogens with zero attached hydrogens (tertiary/aromatic N) is 4. The lowest BCUT2D eigenvalue weighted by Crippen LogP contribution is -1.93. The number of azo groups is 2. The average molecular weight is 555 g/mol. The van der Waals surface area contributed by atoms with Crippen LogP contribution in [0.4, 0.5) is 22.7 Å². The van der Waals surface area contributed by atoms with Crippen LogP contribution in [0, 0.1) is 0 Å². The van der Waals surface area contributed by atoms with Crippen LogP contribution in [0.5, 0.6) is 11.5 Å². The fourth-order valence-electron chi connectivity index (χ4n) is 4.19. The van der Waals surface area contributed by atoms with Crippen LogP contribution >= 0.6 is 0 Å². The first-order valence-electron chi connectivity index (χ1n) is 14.3. The molecule has 0 aromatic heterocycles. The minimum Gasteiger partial charge on any atom is -0.494 e. The van der Waals surface area contributed by atoms with Crippen molar-refractivity contribution in [2.45, 2.75) is 26.7 Å². The number of rotatable bonds is 12. The molecule has 0 saturated carbocycles. The Hall–Kier alpha value is -5.10. The maximum atomic E-state index is 5.62. The maximum Gasteiger partial charge on any atom is 0.119 e. The van der Waals surface area contributed by atoms with Crippen molar-refractivity contribution >= 4 is 22.7 Å². The van der Waals surface area contributed by atoms with Gasteiger partial charge in [-0.2, -0.15) is 20.5 Å². The molecule has 6 nitrogen and oxygen atoms in total. The largest absolute Gasteiger partial charge is 0.494 e. The van der Waals surface area contributed by atoms with Crippen LogP contribution in [0.2, 0.25) is 0 Å². The van der Waals surface area contributed by atoms with Crippen molar-refractivity contribution in [3.05, 3.63) is 121 Å². The molecular weight excluding hydrogens is 520 g/mol. The van der Waals surface area contributed by atoms with Crippen molar-refractivity contribution in [2.75, 3.05) is 13.2 Å². The zero-order valence-corrected chi connectivity index (χ0v) is 24.0.